The number of methoxy groups -OCH3 is 1. The van der Waals surface area contributed by atoms with Crippen molar-refractivity contribution in [3.05, 3.63) is 42.0 Å². The second-order valence-corrected chi connectivity index (χ2v) is 7.71. The lowest BCUT2D eigenvalue weighted by Crippen LogP contribution is -2.46. The Balaban J connectivity index is 1.70. The van der Waals surface area contributed by atoms with Gasteiger partial charge in [-0.2, -0.15) is 0 Å². The minimum Gasteiger partial charge on any atom is -0.496 e. The highest BCUT2D eigenvalue weighted by Crippen LogP contribution is 2.29. The Kier molecular flexibility index (Phi) is 5.82. The quantitative estimate of drug-likeness (QED) is 0.788. The molecule has 1 saturated heterocycles. The zero-order valence-electron chi connectivity index (χ0n) is 16.4. The maximum absolute atomic E-state index is 12.1. The summed E-state index contributed by atoms with van der Waals surface area (Å²) in [5.41, 5.74) is 1.32. The number of ether oxygens (including phenoxy) is 1. The topological polar surface area (TPSA) is 32.8 Å². The van der Waals surface area contributed by atoms with E-state index >= 15 is 0 Å². The van der Waals surface area contributed by atoms with Crippen LogP contribution in [0, 0.1) is 5.92 Å². The lowest BCUT2D eigenvalue weighted by atomic mass is 9.95. The van der Waals surface area contributed by atoms with E-state index in [1.807, 2.05) is 4.90 Å². The fourth-order valence-electron chi connectivity index (χ4n) is 4.04. The van der Waals surface area contributed by atoms with Gasteiger partial charge in [-0.15, -0.1) is 0 Å². The minimum absolute atomic E-state index is 0.293. The van der Waals surface area contributed by atoms with Crippen LogP contribution >= 0.6 is 0 Å². The molecule has 0 aromatic heterocycles. The van der Waals surface area contributed by atoms with Gasteiger partial charge in [0.2, 0.25) is 5.91 Å². The number of amides is 1. The van der Waals surface area contributed by atoms with E-state index in [1.165, 1.54) is 10.9 Å². The zero-order chi connectivity index (χ0) is 18.7. The Morgan fingerprint density at radius 1 is 1.19 bits per heavy atom. The average molecular weight is 354 g/mol. The number of nitrogens with zero attached hydrogens (tertiary/aromatic N) is 2. The van der Waals surface area contributed by atoms with E-state index in [0.717, 1.165) is 37.2 Å². The number of rotatable bonds is 6. The first-order chi connectivity index (χ1) is 12.5. The third-order valence-corrected chi connectivity index (χ3v) is 5.37. The monoisotopic (exact) mass is 354 g/mol. The Morgan fingerprint density at radius 2 is 1.92 bits per heavy atom. The van der Waals surface area contributed by atoms with E-state index in [2.05, 4.69) is 62.2 Å². The molecule has 0 aliphatic carbocycles. The third-order valence-electron chi connectivity index (χ3n) is 5.37. The summed E-state index contributed by atoms with van der Waals surface area (Å²) in [5.74, 6) is 1.77. The van der Waals surface area contributed by atoms with Gasteiger partial charge in [-0.05, 0) is 50.2 Å². The summed E-state index contributed by atoms with van der Waals surface area (Å²) in [7, 11) is 3.90. The number of hydrogen-bond donors (Lipinski definition) is 0. The normalized spacial score (nSPS) is 18.2. The Labute approximate surface area is 156 Å². The average Bonchev–Trinajstić information content (AvgIpc) is 2.63. The van der Waals surface area contributed by atoms with Crippen LogP contribution < -0.4 is 4.74 Å². The second kappa shape index (κ2) is 8.09. The summed E-state index contributed by atoms with van der Waals surface area (Å²) in [6.07, 6.45) is 1.68. The second-order valence-electron chi connectivity index (χ2n) is 7.71. The van der Waals surface area contributed by atoms with Crippen LogP contribution in [0.2, 0.25) is 0 Å². The molecule has 0 N–H and O–H groups in total. The van der Waals surface area contributed by atoms with Crippen molar-refractivity contribution in [2.75, 3.05) is 27.2 Å². The molecule has 1 aliphatic rings. The van der Waals surface area contributed by atoms with Crippen LogP contribution in [0.25, 0.3) is 10.8 Å². The Morgan fingerprint density at radius 3 is 2.62 bits per heavy atom. The summed E-state index contributed by atoms with van der Waals surface area (Å²) in [5, 5.41) is 2.41. The number of likely N-dealkylation sites (tertiary alicyclic amines) is 1. The highest BCUT2D eigenvalue weighted by molar-refractivity contribution is 5.91. The van der Waals surface area contributed by atoms with E-state index < -0.39 is 0 Å². The van der Waals surface area contributed by atoms with Crippen LogP contribution in [-0.4, -0.2) is 49.0 Å². The molecule has 1 amide bonds. The third kappa shape index (κ3) is 4.01. The smallest absolute Gasteiger partial charge is 0.222 e. The van der Waals surface area contributed by atoms with Gasteiger partial charge in [0.25, 0.3) is 0 Å². The molecule has 26 heavy (non-hydrogen) atoms. The van der Waals surface area contributed by atoms with E-state index in [1.54, 1.807) is 7.11 Å². The van der Waals surface area contributed by atoms with Gasteiger partial charge in [-0.1, -0.05) is 30.3 Å². The SMILES string of the molecule is COc1ccc(CN(C)CC2CCC(=O)N(C(C)C)C2)c2ccccc12. The molecule has 0 spiro atoms. The summed E-state index contributed by atoms with van der Waals surface area (Å²) < 4.78 is 5.50. The van der Waals surface area contributed by atoms with Crippen molar-refractivity contribution in [2.45, 2.75) is 39.3 Å². The number of benzene rings is 2. The van der Waals surface area contributed by atoms with Gasteiger partial charge in [0.05, 0.1) is 7.11 Å². The van der Waals surface area contributed by atoms with E-state index in [0.29, 0.717) is 24.3 Å². The molecule has 1 aliphatic heterocycles. The standard InChI is InChI=1S/C22H30N2O2/c1-16(2)24-14-17(9-12-22(24)25)13-23(3)15-18-10-11-21(26-4)20-8-6-5-7-19(18)20/h5-8,10-11,16-17H,9,12-15H2,1-4H3. The molecule has 0 radical (unpaired) electrons. The molecule has 2 aromatic carbocycles. The van der Waals surface area contributed by atoms with Crippen LogP contribution in [0.5, 0.6) is 5.75 Å². The lowest BCUT2D eigenvalue weighted by Gasteiger charge is -2.37. The number of carbonyl (C=O) groups is 1. The molecule has 0 saturated carbocycles. The molecule has 1 atom stereocenters. The Hall–Kier alpha value is -2.07. The predicted molar refractivity (Wildman–Crippen MR) is 106 cm³/mol. The van der Waals surface area contributed by atoms with Crippen LogP contribution in [0.1, 0.15) is 32.3 Å². The van der Waals surface area contributed by atoms with Gasteiger partial charge in [-0.3, -0.25) is 4.79 Å². The molecule has 3 rings (SSSR count). The molecular formula is C22H30N2O2. The van der Waals surface area contributed by atoms with Crippen molar-refractivity contribution >= 4 is 16.7 Å². The largest absolute Gasteiger partial charge is 0.496 e. The summed E-state index contributed by atoms with van der Waals surface area (Å²) >= 11 is 0. The van der Waals surface area contributed by atoms with Gasteiger partial charge < -0.3 is 14.5 Å². The number of carbonyl (C=O) groups excluding carboxylic acids is 1. The summed E-state index contributed by atoms with van der Waals surface area (Å²) in [6.45, 7) is 7.00. The predicted octanol–water partition coefficient (Wildman–Crippen LogP) is 3.93. The molecular weight excluding hydrogens is 324 g/mol. The highest BCUT2D eigenvalue weighted by atomic mass is 16.5. The molecule has 0 bridgehead atoms. The zero-order valence-corrected chi connectivity index (χ0v) is 16.4. The molecule has 1 unspecified atom stereocenters. The summed E-state index contributed by atoms with van der Waals surface area (Å²) in [6, 6.07) is 12.9. The van der Waals surface area contributed by atoms with Crippen molar-refractivity contribution < 1.29 is 9.53 Å². The van der Waals surface area contributed by atoms with Gasteiger partial charge >= 0.3 is 0 Å². The van der Waals surface area contributed by atoms with Crippen LogP contribution in [-0.2, 0) is 11.3 Å². The maximum Gasteiger partial charge on any atom is 0.222 e. The fourth-order valence-corrected chi connectivity index (χ4v) is 4.04. The van der Waals surface area contributed by atoms with Crippen molar-refractivity contribution in [2.24, 2.45) is 5.92 Å². The number of hydrogen-bond acceptors (Lipinski definition) is 3. The number of piperidine rings is 1. The van der Waals surface area contributed by atoms with Crippen molar-refractivity contribution in [3.8, 4) is 5.75 Å². The fraction of sp³-hybridized carbons (Fsp3) is 0.500. The van der Waals surface area contributed by atoms with Gasteiger partial charge in [0, 0.05) is 37.5 Å². The lowest BCUT2D eigenvalue weighted by molar-refractivity contribution is -0.136. The van der Waals surface area contributed by atoms with Gasteiger partial charge in [0.1, 0.15) is 5.75 Å². The Bertz CT molecular complexity index is 772. The molecule has 2 aromatic rings. The number of fused-ring (bicyclic) bond motifs is 1. The van der Waals surface area contributed by atoms with E-state index in [4.69, 9.17) is 4.74 Å². The molecule has 140 valence electrons. The van der Waals surface area contributed by atoms with E-state index in [-0.39, 0.29) is 0 Å². The van der Waals surface area contributed by atoms with E-state index in [9.17, 15) is 4.79 Å². The van der Waals surface area contributed by atoms with Crippen LogP contribution in [0.3, 0.4) is 0 Å². The minimum atomic E-state index is 0.293. The van der Waals surface area contributed by atoms with Gasteiger partial charge in [0.15, 0.2) is 0 Å². The highest BCUT2D eigenvalue weighted by Gasteiger charge is 2.27. The first kappa shape index (κ1) is 18.7. The van der Waals surface area contributed by atoms with Crippen LogP contribution in [0.4, 0.5) is 0 Å². The summed E-state index contributed by atoms with van der Waals surface area (Å²) in [4.78, 5) is 16.5. The van der Waals surface area contributed by atoms with Crippen molar-refractivity contribution in [3.63, 3.8) is 0 Å². The van der Waals surface area contributed by atoms with Gasteiger partial charge in [-0.25, -0.2) is 0 Å². The first-order valence-electron chi connectivity index (χ1n) is 9.52. The van der Waals surface area contributed by atoms with Crippen molar-refractivity contribution in [1.82, 2.24) is 9.80 Å². The first-order valence-corrected chi connectivity index (χ1v) is 9.52. The molecule has 4 nitrogen and oxygen atoms in total. The van der Waals surface area contributed by atoms with Crippen LogP contribution in [0.15, 0.2) is 36.4 Å². The molecule has 4 heteroatoms. The maximum atomic E-state index is 12.1. The van der Waals surface area contributed by atoms with Crippen molar-refractivity contribution in [1.29, 1.82) is 0 Å². The molecule has 1 fully saturated rings. The molecule has 1 heterocycles.